The first kappa shape index (κ1) is 35.5. The summed E-state index contributed by atoms with van der Waals surface area (Å²) in [5.41, 5.74) is 4.64. The molecule has 4 aliphatic heterocycles. The molecule has 3 aromatic heterocycles. The van der Waals surface area contributed by atoms with Gasteiger partial charge >= 0.3 is 5.69 Å². The Hall–Kier alpha value is -6.19. The third kappa shape index (κ3) is 6.22. The number of aromatic amines is 2. The van der Waals surface area contributed by atoms with Crippen LogP contribution in [-0.4, -0.2) is 100 Å². The van der Waals surface area contributed by atoms with Crippen LogP contribution in [0.25, 0.3) is 11.3 Å². The monoisotopic (exact) mass is 758 g/mol. The summed E-state index contributed by atoms with van der Waals surface area (Å²) in [6.45, 7) is 6.68. The lowest BCUT2D eigenvalue weighted by Crippen LogP contribution is -2.52. The molecule has 0 spiro atoms. The van der Waals surface area contributed by atoms with Crippen LogP contribution in [0, 0.1) is 6.92 Å². The Bertz CT molecular complexity index is 2500. The Kier molecular flexibility index (Phi) is 8.97. The second-order valence-corrected chi connectivity index (χ2v) is 14.8. The average Bonchev–Trinajstić information content (AvgIpc) is 3.91. The quantitative estimate of drug-likeness (QED) is 0.252. The van der Waals surface area contributed by atoms with Gasteiger partial charge in [-0.3, -0.25) is 29.2 Å². The molecule has 56 heavy (non-hydrogen) atoms. The minimum Gasteiger partial charge on any atom is -0.454 e. The molecule has 1 saturated heterocycles. The van der Waals surface area contributed by atoms with E-state index in [1.165, 1.54) is 16.7 Å². The highest BCUT2D eigenvalue weighted by molar-refractivity contribution is 6.12. The first-order chi connectivity index (χ1) is 27.1. The number of aromatic nitrogens is 4. The number of H-pyrrole nitrogens is 2. The number of benzene rings is 2. The van der Waals surface area contributed by atoms with Gasteiger partial charge in [0.2, 0.25) is 6.79 Å². The number of carbonyl (C=O) groups is 2. The largest absolute Gasteiger partial charge is 0.454 e. The number of hydrogen-bond acceptors (Lipinski definition) is 10. The molecule has 2 N–H and O–H groups in total. The number of amides is 2. The van der Waals surface area contributed by atoms with Gasteiger partial charge in [0.15, 0.2) is 11.5 Å². The Morgan fingerprint density at radius 2 is 1.71 bits per heavy atom. The first-order valence-electron chi connectivity index (χ1n) is 18.8. The number of nitrogens with one attached hydrogen (secondary N) is 2. The molecule has 288 valence electrons. The van der Waals surface area contributed by atoms with E-state index in [9.17, 15) is 14.4 Å². The van der Waals surface area contributed by atoms with Crippen LogP contribution in [0.15, 0.2) is 70.5 Å². The van der Waals surface area contributed by atoms with Gasteiger partial charge in [-0.25, -0.2) is 9.78 Å². The van der Waals surface area contributed by atoms with Gasteiger partial charge in [0.25, 0.3) is 17.4 Å². The van der Waals surface area contributed by atoms with Crippen molar-refractivity contribution >= 4 is 29.0 Å². The minimum atomic E-state index is -0.730. The summed E-state index contributed by atoms with van der Waals surface area (Å²) in [5.74, 6) is 1.10. The van der Waals surface area contributed by atoms with Gasteiger partial charge < -0.3 is 33.6 Å². The summed E-state index contributed by atoms with van der Waals surface area (Å²) in [5, 5.41) is 0. The molecule has 0 unspecified atom stereocenters. The van der Waals surface area contributed by atoms with Crippen LogP contribution in [-0.2, 0) is 31.2 Å². The summed E-state index contributed by atoms with van der Waals surface area (Å²) >= 11 is 0. The molecule has 9 rings (SSSR count). The number of morpholine rings is 1. The van der Waals surface area contributed by atoms with Crippen LogP contribution >= 0.6 is 0 Å². The van der Waals surface area contributed by atoms with E-state index < -0.39 is 17.2 Å². The predicted molar refractivity (Wildman–Crippen MR) is 208 cm³/mol. The van der Waals surface area contributed by atoms with Gasteiger partial charge in [-0.05, 0) is 60.7 Å². The fraction of sp³-hybridized carbons (Fsp3) is 0.341. The van der Waals surface area contributed by atoms with Gasteiger partial charge in [0.1, 0.15) is 11.5 Å². The Morgan fingerprint density at radius 3 is 2.50 bits per heavy atom. The zero-order chi connectivity index (χ0) is 38.7. The van der Waals surface area contributed by atoms with Crippen LogP contribution in [0.2, 0.25) is 0 Å². The van der Waals surface area contributed by atoms with E-state index >= 15 is 4.79 Å². The fourth-order valence-corrected chi connectivity index (χ4v) is 8.32. The predicted octanol–water partition coefficient (Wildman–Crippen LogP) is 3.37. The number of nitrogens with zero attached hydrogens (tertiary/aromatic N) is 6. The lowest BCUT2D eigenvalue weighted by Gasteiger charge is -2.40. The summed E-state index contributed by atoms with van der Waals surface area (Å²) in [6, 6.07) is 15.3. The van der Waals surface area contributed by atoms with Crippen molar-refractivity contribution in [2.75, 3.05) is 63.0 Å². The zero-order valence-corrected chi connectivity index (χ0v) is 31.5. The molecule has 2 amide bonds. The van der Waals surface area contributed by atoms with E-state index in [-0.39, 0.29) is 24.4 Å². The van der Waals surface area contributed by atoms with Gasteiger partial charge in [0.05, 0.1) is 36.2 Å². The third-order valence-corrected chi connectivity index (χ3v) is 11.5. The van der Waals surface area contributed by atoms with Crippen molar-refractivity contribution in [1.82, 2.24) is 29.3 Å². The summed E-state index contributed by atoms with van der Waals surface area (Å²) in [4.78, 5) is 72.3. The second-order valence-electron chi connectivity index (χ2n) is 14.8. The molecule has 0 saturated carbocycles. The van der Waals surface area contributed by atoms with Crippen molar-refractivity contribution in [3.8, 4) is 22.8 Å². The van der Waals surface area contributed by atoms with Crippen LogP contribution in [0.3, 0.4) is 0 Å². The topological polar surface area (TPSA) is 158 Å². The Morgan fingerprint density at radius 1 is 0.946 bits per heavy atom. The molecule has 5 aromatic rings. The number of hydrogen-bond donors (Lipinski definition) is 2. The number of carbonyl (C=O) groups excluding carboxylic acids is 2. The average molecular weight is 759 g/mol. The number of ether oxygens (including phenoxy) is 3. The maximum absolute atomic E-state index is 15.1. The second kappa shape index (κ2) is 14.1. The summed E-state index contributed by atoms with van der Waals surface area (Å²) in [7, 11) is 3.79. The molecule has 7 heterocycles. The van der Waals surface area contributed by atoms with E-state index in [1.54, 1.807) is 24.4 Å². The van der Waals surface area contributed by atoms with Crippen LogP contribution in [0.5, 0.6) is 11.5 Å². The molecule has 4 aliphatic rings. The Balaban J connectivity index is 1.13. The lowest BCUT2D eigenvalue weighted by atomic mass is 9.92. The van der Waals surface area contributed by atoms with Crippen molar-refractivity contribution in [2.45, 2.75) is 32.4 Å². The minimum absolute atomic E-state index is 0.0202. The van der Waals surface area contributed by atoms with Gasteiger partial charge in [-0.1, -0.05) is 24.3 Å². The van der Waals surface area contributed by atoms with Crippen molar-refractivity contribution in [3.63, 3.8) is 0 Å². The first-order valence-corrected chi connectivity index (χ1v) is 18.8. The molecule has 1 atom stereocenters. The van der Waals surface area contributed by atoms with E-state index in [2.05, 4.69) is 32.0 Å². The van der Waals surface area contributed by atoms with E-state index in [1.807, 2.05) is 53.6 Å². The van der Waals surface area contributed by atoms with Crippen molar-refractivity contribution < 1.29 is 23.8 Å². The number of pyridine rings is 1. The molecule has 0 radical (unpaired) electrons. The van der Waals surface area contributed by atoms with Crippen molar-refractivity contribution in [3.05, 3.63) is 115 Å². The van der Waals surface area contributed by atoms with E-state index in [4.69, 9.17) is 14.2 Å². The van der Waals surface area contributed by atoms with Crippen molar-refractivity contribution in [1.29, 1.82) is 0 Å². The molecule has 2 aromatic carbocycles. The van der Waals surface area contributed by atoms with Crippen LogP contribution < -0.4 is 30.5 Å². The summed E-state index contributed by atoms with van der Waals surface area (Å²) < 4.78 is 19.1. The summed E-state index contributed by atoms with van der Waals surface area (Å²) in [6.07, 6.45) is 4.23. The molecule has 1 fully saturated rings. The maximum atomic E-state index is 15.1. The molecule has 0 aliphatic carbocycles. The fourth-order valence-electron chi connectivity index (χ4n) is 8.32. The molecular formula is C41H42N8O7. The standard InChI is InChI=1S/C41H42N8O7/c1-24-30(40(52)49(34-20-43-41(53)44-38(34)50)28-15-26-8-9-45(2)37(26)42-19-28)16-33(46(24)3)31-17-35-36(56-23-55-35)18-32(31)39(51)48-21-27-7-5-4-6-25(27)14-29(48)22-47-10-12-54-13-11-47/h4-7,15-20,29H,8-14,21-23H2,1-3H3,(H2,43,44,50,53)/t29-/m0/s1. The zero-order valence-electron chi connectivity index (χ0n) is 31.5. The highest BCUT2D eigenvalue weighted by Crippen LogP contribution is 2.42. The van der Waals surface area contributed by atoms with Crippen LogP contribution in [0.4, 0.5) is 17.2 Å². The van der Waals surface area contributed by atoms with Gasteiger partial charge in [-0.2, -0.15) is 0 Å². The third-order valence-electron chi connectivity index (χ3n) is 11.5. The molecule has 15 nitrogen and oxygen atoms in total. The maximum Gasteiger partial charge on any atom is 0.325 e. The van der Waals surface area contributed by atoms with Crippen LogP contribution in [0.1, 0.15) is 43.1 Å². The SMILES string of the molecule is Cc1c(C(=O)N(c2cnc3c(c2)CCN3C)c2c[nH]c(=O)[nH]c2=O)cc(-c2cc3c(cc2C(=O)N2Cc4ccccc4C[C@H]2CN2CCOCC2)OCO3)n1C. The van der Waals surface area contributed by atoms with Crippen molar-refractivity contribution in [2.24, 2.45) is 7.05 Å². The highest BCUT2D eigenvalue weighted by Gasteiger charge is 2.36. The molecule has 15 heteroatoms. The Labute approximate surface area is 322 Å². The number of likely N-dealkylation sites (N-methyl/N-ethyl adjacent to an activating group) is 1. The van der Waals surface area contributed by atoms with Gasteiger partial charge in [-0.15, -0.1) is 0 Å². The van der Waals surface area contributed by atoms with E-state index in [0.717, 1.165) is 43.0 Å². The lowest BCUT2D eigenvalue weighted by molar-refractivity contribution is 0.0193. The number of anilines is 3. The van der Waals surface area contributed by atoms with Gasteiger partial charge in [0, 0.05) is 76.0 Å². The highest BCUT2D eigenvalue weighted by atomic mass is 16.7. The number of rotatable bonds is 7. The molecule has 0 bridgehead atoms. The normalized spacial score (nSPS) is 17.5. The smallest absolute Gasteiger partial charge is 0.325 e. The van der Waals surface area contributed by atoms with E-state index in [0.29, 0.717) is 78.0 Å². The number of fused-ring (bicyclic) bond motifs is 3. The molecular weight excluding hydrogens is 716 g/mol.